The van der Waals surface area contributed by atoms with Crippen molar-refractivity contribution < 1.29 is 0 Å². The van der Waals surface area contributed by atoms with Crippen molar-refractivity contribution in [1.82, 2.24) is 14.8 Å². The van der Waals surface area contributed by atoms with Crippen molar-refractivity contribution in [2.45, 2.75) is 32.9 Å². The van der Waals surface area contributed by atoms with Crippen molar-refractivity contribution in [2.75, 3.05) is 5.32 Å². The highest BCUT2D eigenvalue weighted by atomic mass is 16.2. The van der Waals surface area contributed by atoms with Gasteiger partial charge in [-0.1, -0.05) is 0 Å². The zero-order valence-corrected chi connectivity index (χ0v) is 11.8. The van der Waals surface area contributed by atoms with Gasteiger partial charge in [0.25, 0.3) is 5.43 Å². The topological polar surface area (TPSA) is 79.8 Å². The van der Waals surface area contributed by atoms with Crippen LogP contribution in [0.2, 0.25) is 0 Å². The summed E-state index contributed by atoms with van der Waals surface area (Å²) in [6.45, 7) is 6.03. The molecule has 2 N–H and O–H groups in total. The molecule has 2 heterocycles. The van der Waals surface area contributed by atoms with E-state index in [1.807, 2.05) is 32.9 Å². The number of nitrogens with zero attached hydrogens (tertiary/aromatic N) is 2. The fourth-order valence-corrected chi connectivity index (χ4v) is 1.80. The van der Waals surface area contributed by atoms with Gasteiger partial charge in [-0.25, -0.2) is 4.68 Å². The molecule has 0 bridgehead atoms. The zero-order valence-electron chi connectivity index (χ0n) is 11.8. The molecule has 0 amide bonds. The standard InChI is InChI=1S/C14H18N4O2/c1-14(2,3)18-13(20)12(19)11(9-17-18)16-8-10-4-6-15-7-5-10/h4-7,9,16-17H,8H2,1-3H3. The highest BCUT2D eigenvalue weighted by Gasteiger charge is 2.17. The summed E-state index contributed by atoms with van der Waals surface area (Å²) in [6.07, 6.45) is 4.88. The number of anilines is 1. The Bertz CT molecular complexity index is 696. The van der Waals surface area contributed by atoms with Crippen molar-refractivity contribution in [2.24, 2.45) is 0 Å². The molecule has 0 saturated carbocycles. The molecule has 6 nitrogen and oxygen atoms in total. The monoisotopic (exact) mass is 274 g/mol. The van der Waals surface area contributed by atoms with E-state index in [1.165, 1.54) is 10.9 Å². The molecule has 2 aromatic heterocycles. The van der Waals surface area contributed by atoms with Gasteiger partial charge in [0.05, 0.1) is 5.54 Å². The summed E-state index contributed by atoms with van der Waals surface area (Å²) >= 11 is 0. The molecule has 0 saturated heterocycles. The van der Waals surface area contributed by atoms with Crippen LogP contribution in [0.3, 0.4) is 0 Å². The first-order valence-corrected chi connectivity index (χ1v) is 6.37. The smallest absolute Gasteiger partial charge is 0.315 e. The molecular weight excluding hydrogens is 256 g/mol. The van der Waals surface area contributed by atoms with Gasteiger partial charge in [0.1, 0.15) is 5.69 Å². The molecule has 0 aliphatic heterocycles. The van der Waals surface area contributed by atoms with E-state index in [2.05, 4.69) is 15.4 Å². The van der Waals surface area contributed by atoms with Crippen molar-refractivity contribution >= 4 is 5.69 Å². The summed E-state index contributed by atoms with van der Waals surface area (Å²) in [5, 5.41) is 5.82. The van der Waals surface area contributed by atoms with Gasteiger partial charge < -0.3 is 10.4 Å². The molecule has 106 valence electrons. The summed E-state index contributed by atoms with van der Waals surface area (Å²) in [4.78, 5) is 28.0. The second-order valence-electron chi connectivity index (χ2n) is 5.54. The summed E-state index contributed by atoms with van der Waals surface area (Å²) in [5.74, 6) is 0. The second-order valence-corrected chi connectivity index (χ2v) is 5.54. The van der Waals surface area contributed by atoms with Crippen molar-refractivity contribution in [3.63, 3.8) is 0 Å². The van der Waals surface area contributed by atoms with Crippen LogP contribution in [0, 0.1) is 0 Å². The van der Waals surface area contributed by atoms with Crippen LogP contribution < -0.4 is 16.3 Å². The fraction of sp³-hybridized carbons (Fsp3) is 0.357. The summed E-state index contributed by atoms with van der Waals surface area (Å²) in [5.41, 5.74) is -0.295. The first-order chi connectivity index (χ1) is 9.39. The van der Waals surface area contributed by atoms with E-state index in [4.69, 9.17) is 0 Å². The Morgan fingerprint density at radius 2 is 1.90 bits per heavy atom. The van der Waals surface area contributed by atoms with Crippen LogP contribution in [-0.2, 0) is 12.1 Å². The average Bonchev–Trinajstić information content (AvgIpc) is 2.40. The number of rotatable bonds is 3. The first-order valence-electron chi connectivity index (χ1n) is 6.37. The van der Waals surface area contributed by atoms with Crippen LogP contribution in [-0.4, -0.2) is 14.8 Å². The highest BCUT2D eigenvalue weighted by molar-refractivity contribution is 5.39. The molecule has 0 atom stereocenters. The van der Waals surface area contributed by atoms with Crippen LogP contribution >= 0.6 is 0 Å². The molecule has 0 spiro atoms. The van der Waals surface area contributed by atoms with E-state index in [0.29, 0.717) is 6.54 Å². The Morgan fingerprint density at radius 1 is 1.25 bits per heavy atom. The van der Waals surface area contributed by atoms with Gasteiger partial charge in [-0.15, -0.1) is 0 Å². The fourth-order valence-electron chi connectivity index (χ4n) is 1.80. The van der Waals surface area contributed by atoms with E-state index in [1.54, 1.807) is 12.4 Å². The van der Waals surface area contributed by atoms with Crippen LogP contribution in [0.25, 0.3) is 0 Å². The maximum absolute atomic E-state index is 12.0. The number of aromatic amines is 1. The maximum atomic E-state index is 12.0. The molecule has 0 unspecified atom stereocenters. The van der Waals surface area contributed by atoms with Crippen LogP contribution in [0.5, 0.6) is 0 Å². The van der Waals surface area contributed by atoms with Crippen molar-refractivity contribution in [3.8, 4) is 0 Å². The van der Waals surface area contributed by atoms with Gasteiger partial charge >= 0.3 is 5.56 Å². The molecule has 6 heteroatoms. The lowest BCUT2D eigenvalue weighted by molar-refractivity contribution is 0.336. The lowest BCUT2D eigenvalue weighted by atomic mass is 10.1. The van der Waals surface area contributed by atoms with Crippen molar-refractivity contribution in [1.29, 1.82) is 0 Å². The number of pyridine rings is 1. The summed E-state index contributed by atoms with van der Waals surface area (Å²) < 4.78 is 1.33. The predicted molar refractivity (Wildman–Crippen MR) is 77.9 cm³/mol. The Labute approximate surface area is 116 Å². The number of nitrogens with one attached hydrogen (secondary N) is 2. The van der Waals surface area contributed by atoms with E-state index in [9.17, 15) is 9.59 Å². The zero-order chi connectivity index (χ0) is 14.8. The molecule has 0 radical (unpaired) electrons. The summed E-state index contributed by atoms with van der Waals surface area (Å²) in [7, 11) is 0. The molecule has 2 aromatic rings. The second kappa shape index (κ2) is 5.32. The van der Waals surface area contributed by atoms with Gasteiger partial charge in [0.15, 0.2) is 0 Å². The van der Waals surface area contributed by atoms with Crippen LogP contribution in [0.4, 0.5) is 5.69 Å². The van der Waals surface area contributed by atoms with E-state index >= 15 is 0 Å². The average molecular weight is 274 g/mol. The molecule has 2 rings (SSSR count). The minimum Gasteiger partial charge on any atom is -0.376 e. The molecular formula is C14H18N4O2. The van der Waals surface area contributed by atoms with Crippen molar-refractivity contribution in [3.05, 3.63) is 56.9 Å². The van der Waals surface area contributed by atoms with Gasteiger partial charge in [-0.2, -0.15) is 0 Å². The Kier molecular flexibility index (Phi) is 3.74. The van der Waals surface area contributed by atoms with E-state index in [-0.39, 0.29) is 5.69 Å². The lowest BCUT2D eigenvalue weighted by Crippen LogP contribution is -2.44. The lowest BCUT2D eigenvalue weighted by Gasteiger charge is -2.21. The third kappa shape index (κ3) is 2.96. The van der Waals surface area contributed by atoms with Crippen LogP contribution in [0.1, 0.15) is 26.3 Å². The maximum Gasteiger partial charge on any atom is 0.315 e. The normalized spacial score (nSPS) is 11.3. The predicted octanol–water partition coefficient (Wildman–Crippen LogP) is 1.30. The van der Waals surface area contributed by atoms with E-state index < -0.39 is 16.5 Å². The number of hydrogen-bond donors (Lipinski definition) is 2. The van der Waals surface area contributed by atoms with Gasteiger partial charge in [-0.05, 0) is 38.5 Å². The van der Waals surface area contributed by atoms with Crippen LogP contribution in [0.15, 0.2) is 40.3 Å². The number of H-pyrrole nitrogens is 1. The quantitative estimate of drug-likeness (QED) is 0.827. The number of hydrogen-bond acceptors (Lipinski definition) is 4. The van der Waals surface area contributed by atoms with Gasteiger partial charge in [0.2, 0.25) is 0 Å². The molecule has 0 aliphatic carbocycles. The SMILES string of the molecule is CC(C)(C)n1[nH]cc(NCc2ccncc2)c(=O)c1=O. The molecule has 0 fully saturated rings. The highest BCUT2D eigenvalue weighted by Crippen LogP contribution is 2.08. The first kappa shape index (κ1) is 14.0. The molecule has 20 heavy (non-hydrogen) atoms. The molecule has 0 aliphatic rings. The summed E-state index contributed by atoms with van der Waals surface area (Å²) in [6, 6.07) is 3.69. The van der Waals surface area contributed by atoms with Gasteiger partial charge in [-0.3, -0.25) is 14.6 Å². The van der Waals surface area contributed by atoms with Gasteiger partial charge in [0, 0.05) is 25.1 Å². The third-order valence-corrected chi connectivity index (χ3v) is 2.88. The van der Waals surface area contributed by atoms with E-state index in [0.717, 1.165) is 5.56 Å². The minimum absolute atomic E-state index is 0.271. The minimum atomic E-state index is -0.558. The Morgan fingerprint density at radius 3 is 2.50 bits per heavy atom. The third-order valence-electron chi connectivity index (χ3n) is 2.88. The Balaban J connectivity index is 2.25. The number of aromatic nitrogens is 3. The Hall–Kier alpha value is -2.37. The largest absolute Gasteiger partial charge is 0.376 e. The molecule has 0 aromatic carbocycles.